The van der Waals surface area contributed by atoms with Crippen molar-refractivity contribution in [3.05, 3.63) is 35.9 Å². The molecular weight excluding hydrogens is 537 g/mol. The van der Waals surface area contributed by atoms with Crippen molar-refractivity contribution in [1.29, 1.82) is 5.41 Å². The van der Waals surface area contributed by atoms with E-state index in [0.717, 1.165) is 6.21 Å². The molecule has 8 atom stereocenters. The van der Waals surface area contributed by atoms with Crippen LogP contribution in [-0.2, 0) is 24.0 Å². The second-order valence-electron chi connectivity index (χ2n) is 9.06. The number of halogens is 2. The number of nitrogens with zero attached hydrogens (tertiary/aromatic N) is 1. The fraction of sp³-hybridized carbons (Fsp3) is 0.520. The maximum atomic E-state index is 13.8. The summed E-state index contributed by atoms with van der Waals surface area (Å²) in [6.07, 6.45) is -2.06. The molecule has 1 heterocycles. The number of nitrogens with two attached hydrogens (primary N) is 2. The number of benzene rings is 1. The van der Waals surface area contributed by atoms with Crippen LogP contribution in [0.2, 0.25) is 0 Å². The van der Waals surface area contributed by atoms with Gasteiger partial charge in [0, 0.05) is 12.8 Å². The maximum absolute atomic E-state index is 13.8. The highest BCUT2D eigenvalue weighted by molar-refractivity contribution is 6.32. The summed E-state index contributed by atoms with van der Waals surface area (Å²) in [6.45, 7) is 3.10. The van der Waals surface area contributed by atoms with Gasteiger partial charge in [-0.15, -0.1) is 23.2 Å². The van der Waals surface area contributed by atoms with E-state index in [1.165, 1.54) is 26.0 Å². The minimum absolute atomic E-state index is 0.0106. The van der Waals surface area contributed by atoms with Crippen molar-refractivity contribution in [2.45, 2.75) is 73.1 Å². The summed E-state index contributed by atoms with van der Waals surface area (Å²) in [4.78, 5) is 67.9. The highest BCUT2D eigenvalue weighted by atomic mass is 35.5. The zero-order valence-corrected chi connectivity index (χ0v) is 22.6. The van der Waals surface area contributed by atoms with Crippen molar-refractivity contribution in [1.82, 2.24) is 10.2 Å². The predicted octanol–water partition coefficient (Wildman–Crippen LogP) is -0.127. The number of aliphatic hydroxyl groups excluding tert-OH is 1. The van der Waals surface area contributed by atoms with Crippen LogP contribution in [0.15, 0.2) is 30.3 Å². The van der Waals surface area contributed by atoms with E-state index in [1.807, 2.05) is 0 Å². The largest absolute Gasteiger partial charge is 0.382 e. The number of rotatable bonds is 13. The molecule has 1 aromatic carbocycles. The van der Waals surface area contributed by atoms with Crippen LogP contribution < -0.4 is 16.8 Å². The third kappa shape index (κ3) is 5.88. The molecule has 208 valence electrons. The van der Waals surface area contributed by atoms with Crippen LogP contribution in [0.4, 0.5) is 0 Å². The van der Waals surface area contributed by atoms with Gasteiger partial charge in [-0.1, -0.05) is 44.2 Å². The quantitative estimate of drug-likeness (QED) is 0.0929. The van der Waals surface area contributed by atoms with E-state index >= 15 is 0 Å². The standard InChI is InChI=1S/C25H33Cl2N5O6/c1-3-16(29)21(35)25(12-33,22(36)20(34)14(10-28)13-8-6-5-7-9-13)32(23(37)17(30)4-2)24(38)19-18(27)15(26)11-31-19/h5-10,12,14-19,22,28,31,36H,3-4,11,29-30H2,1-2H3/t14?,15-,16?,17?,18?,19+,22-,25+/m1/s1. The lowest BCUT2D eigenvalue weighted by Gasteiger charge is -2.43. The fourth-order valence-electron chi connectivity index (χ4n) is 4.26. The number of aliphatic hydroxyl groups is 1. The molecular formula is C25H33Cl2N5O6. The number of Topliss-reactive ketones (excluding diaryl/α,β-unsaturated/α-hetero) is 2. The van der Waals surface area contributed by atoms with Gasteiger partial charge in [0.15, 0.2) is 29.5 Å². The van der Waals surface area contributed by atoms with Gasteiger partial charge in [0.2, 0.25) is 11.8 Å². The number of nitrogens with one attached hydrogen (secondary N) is 2. The highest BCUT2D eigenvalue weighted by Gasteiger charge is 2.60. The lowest BCUT2D eigenvalue weighted by molar-refractivity contribution is -0.171. The molecule has 1 saturated heterocycles. The van der Waals surface area contributed by atoms with E-state index in [1.54, 1.807) is 18.2 Å². The Bertz CT molecular complexity index is 1060. The number of imide groups is 1. The molecule has 2 rings (SSSR count). The van der Waals surface area contributed by atoms with E-state index < -0.39 is 69.8 Å². The number of aldehydes is 1. The van der Waals surface area contributed by atoms with Gasteiger partial charge in [0.1, 0.15) is 6.04 Å². The van der Waals surface area contributed by atoms with E-state index in [2.05, 4.69) is 5.32 Å². The summed E-state index contributed by atoms with van der Waals surface area (Å²) in [5.41, 5.74) is 9.09. The molecule has 1 aromatic rings. The Balaban J connectivity index is 2.80. The lowest BCUT2D eigenvalue weighted by atomic mass is 9.76. The summed E-state index contributed by atoms with van der Waals surface area (Å²) < 4.78 is 0. The number of alkyl halides is 2. The minimum atomic E-state index is -3.09. The Morgan fingerprint density at radius 3 is 2.18 bits per heavy atom. The fourth-order valence-corrected chi connectivity index (χ4v) is 4.79. The molecule has 0 bridgehead atoms. The number of carbonyl (C=O) groups excluding carboxylic acids is 5. The first-order chi connectivity index (χ1) is 17.9. The summed E-state index contributed by atoms with van der Waals surface area (Å²) in [7, 11) is 0. The second kappa shape index (κ2) is 13.5. The Morgan fingerprint density at radius 2 is 1.74 bits per heavy atom. The zero-order chi connectivity index (χ0) is 28.8. The molecule has 2 amide bonds. The Labute approximate surface area is 230 Å². The molecule has 38 heavy (non-hydrogen) atoms. The minimum Gasteiger partial charge on any atom is -0.382 e. The first-order valence-corrected chi connectivity index (χ1v) is 13.0. The third-order valence-corrected chi connectivity index (χ3v) is 7.81. The van der Waals surface area contributed by atoms with Crippen LogP contribution in [0, 0.1) is 5.41 Å². The third-order valence-electron chi connectivity index (χ3n) is 6.70. The number of amides is 2. The molecule has 11 nitrogen and oxygen atoms in total. The summed E-state index contributed by atoms with van der Waals surface area (Å²) in [5.74, 6) is -6.21. The summed E-state index contributed by atoms with van der Waals surface area (Å²) in [5, 5.41) is 20.2. The zero-order valence-electron chi connectivity index (χ0n) is 21.1. The average Bonchev–Trinajstić information content (AvgIpc) is 3.27. The molecule has 0 saturated carbocycles. The van der Waals surface area contributed by atoms with E-state index in [9.17, 15) is 29.1 Å². The van der Waals surface area contributed by atoms with Gasteiger partial charge < -0.3 is 32.1 Å². The van der Waals surface area contributed by atoms with E-state index in [-0.39, 0.29) is 36.1 Å². The van der Waals surface area contributed by atoms with Gasteiger partial charge in [-0.05, 0) is 18.4 Å². The molecule has 0 radical (unpaired) electrons. The molecule has 0 aliphatic carbocycles. The number of hydrogen-bond acceptors (Lipinski definition) is 10. The van der Waals surface area contributed by atoms with E-state index in [0.29, 0.717) is 0 Å². The van der Waals surface area contributed by atoms with Crippen LogP contribution in [0.5, 0.6) is 0 Å². The van der Waals surface area contributed by atoms with Crippen LogP contribution in [0.3, 0.4) is 0 Å². The van der Waals surface area contributed by atoms with Crippen molar-refractivity contribution in [3.8, 4) is 0 Å². The van der Waals surface area contributed by atoms with Crippen LogP contribution in [0.1, 0.15) is 38.2 Å². The molecule has 0 aromatic heterocycles. The van der Waals surface area contributed by atoms with Gasteiger partial charge in [-0.25, -0.2) is 0 Å². The van der Waals surface area contributed by atoms with Gasteiger partial charge in [-0.3, -0.25) is 24.1 Å². The molecule has 1 aliphatic rings. The van der Waals surface area contributed by atoms with Gasteiger partial charge in [0.25, 0.3) is 0 Å². The lowest BCUT2D eigenvalue weighted by Crippen LogP contribution is -2.74. The summed E-state index contributed by atoms with van der Waals surface area (Å²) >= 11 is 12.4. The Morgan fingerprint density at radius 1 is 1.16 bits per heavy atom. The second-order valence-corrected chi connectivity index (χ2v) is 10.1. The first kappa shape index (κ1) is 31.7. The molecule has 4 unspecified atom stereocenters. The van der Waals surface area contributed by atoms with Crippen molar-refractivity contribution < 1.29 is 29.1 Å². The van der Waals surface area contributed by atoms with Crippen molar-refractivity contribution in [2.24, 2.45) is 11.5 Å². The molecule has 13 heteroatoms. The predicted molar refractivity (Wildman–Crippen MR) is 142 cm³/mol. The number of ketones is 2. The molecule has 0 spiro atoms. The number of carbonyl (C=O) groups is 5. The topological polar surface area (TPSA) is 197 Å². The van der Waals surface area contributed by atoms with Crippen molar-refractivity contribution in [2.75, 3.05) is 6.54 Å². The number of hydrogen-bond donors (Lipinski definition) is 5. The smallest absolute Gasteiger partial charge is 0.249 e. The molecule has 1 fully saturated rings. The van der Waals surface area contributed by atoms with Gasteiger partial charge >= 0.3 is 0 Å². The van der Waals surface area contributed by atoms with Gasteiger partial charge in [0.05, 0.1) is 28.8 Å². The Kier molecular flexibility index (Phi) is 11.3. The van der Waals surface area contributed by atoms with Crippen molar-refractivity contribution >= 4 is 59.1 Å². The van der Waals surface area contributed by atoms with Gasteiger partial charge in [-0.2, -0.15) is 0 Å². The SMILES string of the molecule is CCC(N)C(=O)N(C(=O)[C@H]1NC[C@@H](Cl)C1Cl)[C@@](C=O)(C(=O)C(N)CC)[C@H](O)C(=O)C(C=N)c1ccccc1. The highest BCUT2D eigenvalue weighted by Crippen LogP contribution is 2.31. The van der Waals surface area contributed by atoms with Crippen molar-refractivity contribution in [3.63, 3.8) is 0 Å². The Hall–Kier alpha value is -2.54. The molecule has 1 aliphatic heterocycles. The van der Waals surface area contributed by atoms with Crippen LogP contribution >= 0.6 is 23.2 Å². The van der Waals surface area contributed by atoms with Crippen LogP contribution in [0.25, 0.3) is 0 Å². The first-order valence-electron chi connectivity index (χ1n) is 12.1. The normalized spacial score (nSPS) is 23.8. The average molecular weight is 570 g/mol. The van der Waals surface area contributed by atoms with Crippen LogP contribution in [-0.4, -0.2) is 93.0 Å². The summed E-state index contributed by atoms with van der Waals surface area (Å²) in [6, 6.07) is 3.65. The maximum Gasteiger partial charge on any atom is 0.249 e. The molecule has 7 N–H and O–H groups in total. The van der Waals surface area contributed by atoms with E-state index in [4.69, 9.17) is 40.1 Å². The monoisotopic (exact) mass is 569 g/mol.